The summed E-state index contributed by atoms with van der Waals surface area (Å²) in [5.74, 6) is 0.156. The number of carbonyl (C=O) groups excluding carboxylic acids is 1. The summed E-state index contributed by atoms with van der Waals surface area (Å²) in [5.41, 5.74) is 5.56. The molecule has 120 valence electrons. The molecule has 1 aromatic heterocycles. The van der Waals surface area contributed by atoms with Gasteiger partial charge in [0.15, 0.2) is 0 Å². The number of rotatable bonds is 4. The van der Waals surface area contributed by atoms with Crippen molar-refractivity contribution in [2.45, 2.75) is 19.3 Å². The lowest BCUT2D eigenvalue weighted by Crippen LogP contribution is -2.20. The first-order valence-electron chi connectivity index (χ1n) is 8.09. The van der Waals surface area contributed by atoms with E-state index in [2.05, 4.69) is 41.8 Å². The van der Waals surface area contributed by atoms with Gasteiger partial charge in [-0.2, -0.15) is 0 Å². The summed E-state index contributed by atoms with van der Waals surface area (Å²) in [6.45, 7) is 0. The van der Waals surface area contributed by atoms with E-state index in [0.717, 1.165) is 40.4 Å². The molecule has 3 aromatic rings. The van der Waals surface area contributed by atoms with Gasteiger partial charge >= 0.3 is 0 Å². The molecular weight excluding hydrogens is 316 g/mol. The van der Waals surface area contributed by atoms with Gasteiger partial charge in [0.2, 0.25) is 5.91 Å². The maximum absolute atomic E-state index is 11.8. The van der Waals surface area contributed by atoms with Crippen molar-refractivity contribution < 1.29 is 4.79 Å². The zero-order valence-electron chi connectivity index (χ0n) is 13.5. The van der Waals surface area contributed by atoms with Crippen LogP contribution in [0, 0.1) is 0 Å². The predicted molar refractivity (Wildman–Crippen MR) is 98.5 cm³/mol. The maximum Gasteiger partial charge on any atom is 0.231 e. The number of fused-ring (bicyclic) bond motifs is 1. The molecule has 4 rings (SSSR count). The van der Waals surface area contributed by atoms with Crippen LogP contribution in [0.2, 0.25) is 0 Å². The lowest BCUT2D eigenvalue weighted by atomic mass is 10.1. The SMILES string of the molecule is CN1C(=O)Cc2cc(-c3csc(CCc4ccccc4)n3)ccc21. The van der Waals surface area contributed by atoms with Gasteiger partial charge in [0, 0.05) is 30.1 Å². The number of anilines is 1. The fourth-order valence-corrected chi connectivity index (χ4v) is 3.89. The van der Waals surface area contributed by atoms with Crippen molar-refractivity contribution in [2.24, 2.45) is 0 Å². The van der Waals surface area contributed by atoms with Crippen LogP contribution in [0.25, 0.3) is 11.3 Å². The summed E-state index contributed by atoms with van der Waals surface area (Å²) in [4.78, 5) is 18.3. The van der Waals surface area contributed by atoms with E-state index in [-0.39, 0.29) is 5.91 Å². The van der Waals surface area contributed by atoms with Gasteiger partial charge in [-0.1, -0.05) is 36.4 Å². The number of thiazole rings is 1. The van der Waals surface area contributed by atoms with E-state index >= 15 is 0 Å². The molecule has 3 nitrogen and oxygen atoms in total. The van der Waals surface area contributed by atoms with Crippen molar-refractivity contribution in [3.05, 3.63) is 70.0 Å². The van der Waals surface area contributed by atoms with E-state index in [1.165, 1.54) is 5.56 Å². The standard InChI is InChI=1S/C20H18N2OS/c1-22-18-9-8-15(11-16(18)12-20(22)23)17-13-24-19(21-17)10-7-14-5-3-2-4-6-14/h2-6,8-9,11,13H,7,10,12H2,1H3. The van der Waals surface area contributed by atoms with Crippen molar-refractivity contribution in [2.75, 3.05) is 11.9 Å². The number of benzene rings is 2. The van der Waals surface area contributed by atoms with Gasteiger partial charge in [-0.25, -0.2) is 4.98 Å². The minimum atomic E-state index is 0.156. The molecule has 2 aromatic carbocycles. The number of nitrogens with zero attached hydrogens (tertiary/aromatic N) is 2. The van der Waals surface area contributed by atoms with Crippen LogP contribution in [0.4, 0.5) is 5.69 Å². The molecular formula is C20H18N2OS. The van der Waals surface area contributed by atoms with Crippen LogP contribution in [0.3, 0.4) is 0 Å². The number of aryl methyl sites for hydroxylation is 2. The highest BCUT2D eigenvalue weighted by atomic mass is 32.1. The summed E-state index contributed by atoms with van der Waals surface area (Å²) in [5, 5.41) is 3.27. The van der Waals surface area contributed by atoms with Crippen LogP contribution in [0.5, 0.6) is 0 Å². The Kier molecular flexibility index (Phi) is 3.90. The quantitative estimate of drug-likeness (QED) is 0.719. The Morgan fingerprint density at radius 3 is 2.79 bits per heavy atom. The van der Waals surface area contributed by atoms with Crippen molar-refractivity contribution in [3.63, 3.8) is 0 Å². The number of amides is 1. The fourth-order valence-electron chi connectivity index (χ4n) is 3.08. The van der Waals surface area contributed by atoms with E-state index < -0.39 is 0 Å². The van der Waals surface area contributed by atoms with Crippen LogP contribution >= 0.6 is 11.3 Å². The van der Waals surface area contributed by atoms with Crippen molar-refractivity contribution >= 4 is 22.9 Å². The molecule has 24 heavy (non-hydrogen) atoms. The summed E-state index contributed by atoms with van der Waals surface area (Å²) in [7, 11) is 1.83. The van der Waals surface area contributed by atoms with E-state index in [4.69, 9.17) is 4.98 Å². The second-order valence-electron chi connectivity index (χ2n) is 6.09. The van der Waals surface area contributed by atoms with Crippen molar-refractivity contribution in [3.8, 4) is 11.3 Å². The van der Waals surface area contributed by atoms with Crippen LogP contribution in [-0.2, 0) is 24.1 Å². The molecule has 0 aliphatic carbocycles. The number of hydrogen-bond donors (Lipinski definition) is 0. The molecule has 0 fully saturated rings. The molecule has 0 saturated heterocycles. The largest absolute Gasteiger partial charge is 0.315 e. The summed E-state index contributed by atoms with van der Waals surface area (Å²) in [6.07, 6.45) is 2.46. The van der Waals surface area contributed by atoms with Gasteiger partial charge in [0.05, 0.1) is 17.1 Å². The predicted octanol–water partition coefficient (Wildman–Crippen LogP) is 4.11. The van der Waals surface area contributed by atoms with Crippen LogP contribution in [0.1, 0.15) is 16.1 Å². The maximum atomic E-state index is 11.8. The molecule has 1 amide bonds. The van der Waals surface area contributed by atoms with E-state index in [1.54, 1.807) is 16.2 Å². The highest BCUT2D eigenvalue weighted by Crippen LogP contribution is 2.32. The highest BCUT2D eigenvalue weighted by molar-refractivity contribution is 7.09. The van der Waals surface area contributed by atoms with Gasteiger partial charge in [-0.05, 0) is 29.7 Å². The number of hydrogen-bond acceptors (Lipinski definition) is 3. The third-order valence-electron chi connectivity index (χ3n) is 4.47. The average molecular weight is 334 g/mol. The Morgan fingerprint density at radius 1 is 1.12 bits per heavy atom. The second kappa shape index (κ2) is 6.21. The molecule has 0 N–H and O–H groups in total. The Hall–Kier alpha value is -2.46. The molecule has 0 bridgehead atoms. The minimum absolute atomic E-state index is 0.156. The third-order valence-corrected chi connectivity index (χ3v) is 5.38. The third kappa shape index (κ3) is 2.85. The molecule has 0 saturated carbocycles. The fraction of sp³-hybridized carbons (Fsp3) is 0.200. The first-order chi connectivity index (χ1) is 11.7. The molecule has 0 spiro atoms. The molecule has 0 radical (unpaired) electrons. The lowest BCUT2D eigenvalue weighted by Gasteiger charge is -2.09. The summed E-state index contributed by atoms with van der Waals surface area (Å²) < 4.78 is 0. The number of carbonyl (C=O) groups is 1. The van der Waals surface area contributed by atoms with Crippen molar-refractivity contribution in [1.29, 1.82) is 0 Å². The zero-order chi connectivity index (χ0) is 16.5. The van der Waals surface area contributed by atoms with Gasteiger partial charge in [-0.15, -0.1) is 11.3 Å². The first kappa shape index (κ1) is 15.1. The summed E-state index contributed by atoms with van der Waals surface area (Å²) >= 11 is 1.71. The summed E-state index contributed by atoms with van der Waals surface area (Å²) in [6, 6.07) is 16.7. The van der Waals surface area contributed by atoms with Crippen molar-refractivity contribution in [1.82, 2.24) is 4.98 Å². The highest BCUT2D eigenvalue weighted by Gasteiger charge is 2.24. The van der Waals surface area contributed by atoms with Crippen LogP contribution < -0.4 is 4.90 Å². The first-order valence-corrected chi connectivity index (χ1v) is 8.97. The van der Waals surface area contributed by atoms with Gasteiger partial charge in [-0.3, -0.25) is 4.79 Å². The topological polar surface area (TPSA) is 33.2 Å². The van der Waals surface area contributed by atoms with Crippen LogP contribution in [0.15, 0.2) is 53.9 Å². The van der Waals surface area contributed by atoms with Gasteiger partial charge < -0.3 is 4.90 Å². The second-order valence-corrected chi connectivity index (χ2v) is 7.03. The van der Waals surface area contributed by atoms with E-state index in [0.29, 0.717) is 6.42 Å². The number of aromatic nitrogens is 1. The Labute approximate surface area is 145 Å². The molecule has 2 heterocycles. The number of likely N-dealkylation sites (N-methyl/N-ethyl adjacent to an activating group) is 1. The van der Waals surface area contributed by atoms with E-state index in [1.807, 2.05) is 19.2 Å². The Morgan fingerprint density at radius 2 is 1.96 bits per heavy atom. The molecule has 0 unspecified atom stereocenters. The smallest absolute Gasteiger partial charge is 0.231 e. The average Bonchev–Trinajstić information content (AvgIpc) is 3.19. The Bertz CT molecular complexity index is 886. The molecule has 4 heteroatoms. The van der Waals surface area contributed by atoms with Gasteiger partial charge in [0.25, 0.3) is 0 Å². The lowest BCUT2D eigenvalue weighted by molar-refractivity contribution is -0.117. The monoisotopic (exact) mass is 334 g/mol. The molecule has 1 aliphatic heterocycles. The van der Waals surface area contributed by atoms with Gasteiger partial charge in [0.1, 0.15) is 0 Å². The van der Waals surface area contributed by atoms with Crippen LogP contribution in [-0.4, -0.2) is 17.9 Å². The Balaban J connectivity index is 1.51. The zero-order valence-corrected chi connectivity index (χ0v) is 14.3. The normalized spacial score (nSPS) is 13.4. The van der Waals surface area contributed by atoms with E-state index in [9.17, 15) is 4.79 Å². The molecule has 1 aliphatic rings. The minimum Gasteiger partial charge on any atom is -0.315 e. The molecule has 0 atom stereocenters.